The molecule has 4 nitrogen and oxygen atoms in total. The van der Waals surface area contributed by atoms with Gasteiger partial charge in [-0.05, 0) is 17.2 Å². The Hall–Kier alpha value is -2.19. The first-order chi connectivity index (χ1) is 7.38. The summed E-state index contributed by atoms with van der Waals surface area (Å²) in [5.74, 6) is 0. The van der Waals surface area contributed by atoms with Crippen molar-refractivity contribution in [3.8, 4) is 0 Å². The van der Waals surface area contributed by atoms with Gasteiger partial charge in [-0.25, -0.2) is 0 Å². The molecule has 4 heteroatoms. The largest absolute Gasteiger partial charge is 0.349 e. The van der Waals surface area contributed by atoms with Crippen LogP contribution in [0.2, 0.25) is 0 Å². The van der Waals surface area contributed by atoms with Crippen LogP contribution in [0.1, 0.15) is 5.56 Å². The molecule has 0 aliphatic carbocycles. The van der Waals surface area contributed by atoms with E-state index in [2.05, 4.69) is 22.2 Å². The molecule has 74 valence electrons. The third kappa shape index (κ3) is 2.39. The van der Waals surface area contributed by atoms with Crippen LogP contribution in [0.25, 0.3) is 10.4 Å². The van der Waals surface area contributed by atoms with E-state index in [1.165, 1.54) is 5.56 Å². The molecular weight excluding hydrogens is 188 g/mol. The summed E-state index contributed by atoms with van der Waals surface area (Å²) in [5.41, 5.74) is 10.1. The van der Waals surface area contributed by atoms with Gasteiger partial charge in [0.05, 0.1) is 5.69 Å². The molecule has 0 atom stereocenters. The molecule has 0 radical (unpaired) electrons. The van der Waals surface area contributed by atoms with Crippen LogP contribution in [0.15, 0.2) is 53.9 Å². The Morgan fingerprint density at radius 3 is 2.73 bits per heavy atom. The van der Waals surface area contributed by atoms with Gasteiger partial charge in [0.25, 0.3) is 0 Å². The maximum atomic E-state index is 8.27. The van der Waals surface area contributed by atoms with Gasteiger partial charge in [-0.15, -0.1) is 0 Å². The van der Waals surface area contributed by atoms with Crippen molar-refractivity contribution in [2.75, 3.05) is 0 Å². The summed E-state index contributed by atoms with van der Waals surface area (Å²) < 4.78 is 1.99. The van der Waals surface area contributed by atoms with Gasteiger partial charge in [0.1, 0.15) is 0 Å². The van der Waals surface area contributed by atoms with E-state index in [-0.39, 0.29) is 0 Å². The topological polar surface area (TPSA) is 53.7 Å². The highest BCUT2D eigenvalue weighted by Crippen LogP contribution is 2.13. The summed E-state index contributed by atoms with van der Waals surface area (Å²) in [4.78, 5) is 2.74. The first kappa shape index (κ1) is 9.37. The monoisotopic (exact) mass is 198 g/mol. The van der Waals surface area contributed by atoms with Crippen molar-refractivity contribution in [2.45, 2.75) is 6.54 Å². The first-order valence-electron chi connectivity index (χ1n) is 4.63. The van der Waals surface area contributed by atoms with E-state index in [1.807, 2.05) is 35.2 Å². The fraction of sp³-hybridized carbons (Fsp3) is 0.0909. The zero-order chi connectivity index (χ0) is 10.5. The van der Waals surface area contributed by atoms with Gasteiger partial charge in [0.2, 0.25) is 0 Å². The van der Waals surface area contributed by atoms with Crippen molar-refractivity contribution < 1.29 is 0 Å². The SMILES string of the molecule is [N-]=[N+]=Nc1ccn(Cc2ccccc2)c1. The second kappa shape index (κ2) is 4.35. The molecule has 1 heterocycles. The maximum Gasteiger partial charge on any atom is 0.0552 e. The van der Waals surface area contributed by atoms with Gasteiger partial charge >= 0.3 is 0 Å². The van der Waals surface area contributed by atoms with E-state index in [4.69, 9.17) is 5.53 Å². The van der Waals surface area contributed by atoms with Crippen molar-refractivity contribution >= 4 is 5.69 Å². The number of aromatic nitrogens is 1. The standard InChI is InChI=1S/C11H10N4/c12-14-13-11-6-7-15(9-11)8-10-4-2-1-3-5-10/h1-7,9H,8H2. The van der Waals surface area contributed by atoms with Gasteiger partial charge in [-0.2, -0.15) is 0 Å². The van der Waals surface area contributed by atoms with Crippen molar-refractivity contribution in [1.82, 2.24) is 4.57 Å². The third-order valence-corrected chi connectivity index (χ3v) is 2.10. The Bertz CT molecular complexity index is 480. The lowest BCUT2D eigenvalue weighted by atomic mass is 10.2. The first-order valence-corrected chi connectivity index (χ1v) is 4.63. The normalized spacial score (nSPS) is 9.60. The van der Waals surface area contributed by atoms with E-state index >= 15 is 0 Å². The molecule has 0 aliphatic heterocycles. The minimum absolute atomic E-state index is 0.647. The quantitative estimate of drug-likeness (QED) is 0.412. The Balaban J connectivity index is 2.15. The third-order valence-electron chi connectivity index (χ3n) is 2.10. The van der Waals surface area contributed by atoms with Crippen molar-refractivity contribution in [2.24, 2.45) is 5.11 Å². The lowest BCUT2D eigenvalue weighted by Gasteiger charge is -2.01. The number of azide groups is 1. The predicted molar refractivity (Wildman–Crippen MR) is 58.8 cm³/mol. The predicted octanol–water partition coefficient (Wildman–Crippen LogP) is 3.48. The molecule has 2 aromatic rings. The Morgan fingerprint density at radius 2 is 2.00 bits per heavy atom. The number of nitrogens with zero attached hydrogens (tertiary/aromatic N) is 4. The van der Waals surface area contributed by atoms with E-state index in [9.17, 15) is 0 Å². The van der Waals surface area contributed by atoms with Gasteiger partial charge in [0.15, 0.2) is 0 Å². The number of rotatable bonds is 3. The zero-order valence-corrected chi connectivity index (χ0v) is 8.11. The van der Waals surface area contributed by atoms with Crippen LogP contribution >= 0.6 is 0 Å². The lowest BCUT2D eigenvalue weighted by molar-refractivity contribution is 0.806. The molecule has 0 saturated carbocycles. The van der Waals surface area contributed by atoms with Crippen LogP contribution in [0.3, 0.4) is 0 Å². The minimum Gasteiger partial charge on any atom is -0.349 e. The highest BCUT2D eigenvalue weighted by molar-refractivity contribution is 5.34. The summed E-state index contributed by atoms with van der Waals surface area (Å²) >= 11 is 0. The number of hydrogen-bond donors (Lipinski definition) is 0. The summed E-state index contributed by atoms with van der Waals surface area (Å²) in [7, 11) is 0. The average Bonchev–Trinajstić information content (AvgIpc) is 2.68. The van der Waals surface area contributed by atoms with Crippen LogP contribution in [0, 0.1) is 0 Å². The molecule has 0 N–H and O–H groups in total. The molecule has 0 saturated heterocycles. The smallest absolute Gasteiger partial charge is 0.0552 e. The van der Waals surface area contributed by atoms with Gasteiger partial charge in [0, 0.05) is 23.9 Å². The van der Waals surface area contributed by atoms with Gasteiger partial charge in [-0.3, -0.25) is 0 Å². The summed E-state index contributed by atoms with van der Waals surface area (Å²) in [5, 5.41) is 3.53. The molecule has 15 heavy (non-hydrogen) atoms. The van der Waals surface area contributed by atoms with E-state index in [0.717, 1.165) is 6.54 Å². The van der Waals surface area contributed by atoms with Crippen LogP contribution in [0.5, 0.6) is 0 Å². The molecule has 1 aromatic carbocycles. The van der Waals surface area contributed by atoms with Gasteiger partial charge < -0.3 is 4.57 Å². The van der Waals surface area contributed by atoms with Gasteiger partial charge in [-0.1, -0.05) is 35.4 Å². The summed E-state index contributed by atoms with van der Waals surface area (Å²) in [6.07, 6.45) is 3.73. The van der Waals surface area contributed by atoms with E-state index in [1.54, 1.807) is 6.07 Å². The van der Waals surface area contributed by atoms with Crippen LogP contribution in [-0.4, -0.2) is 4.57 Å². The van der Waals surface area contributed by atoms with Crippen LogP contribution in [-0.2, 0) is 6.54 Å². The summed E-state index contributed by atoms with van der Waals surface area (Å²) in [6, 6.07) is 11.9. The van der Waals surface area contributed by atoms with E-state index < -0.39 is 0 Å². The fourth-order valence-corrected chi connectivity index (χ4v) is 1.43. The zero-order valence-electron chi connectivity index (χ0n) is 8.11. The molecule has 0 fully saturated rings. The molecule has 0 bridgehead atoms. The molecule has 0 spiro atoms. The summed E-state index contributed by atoms with van der Waals surface area (Å²) in [6.45, 7) is 0.793. The number of hydrogen-bond acceptors (Lipinski definition) is 1. The molecule has 0 amide bonds. The van der Waals surface area contributed by atoms with E-state index in [0.29, 0.717) is 5.69 Å². The highest BCUT2D eigenvalue weighted by Gasteiger charge is 1.95. The molecule has 1 aromatic heterocycles. The van der Waals surface area contributed by atoms with Crippen molar-refractivity contribution in [3.05, 3.63) is 64.8 Å². The molecule has 0 aliphatic rings. The van der Waals surface area contributed by atoms with Crippen LogP contribution in [0.4, 0.5) is 5.69 Å². The fourth-order valence-electron chi connectivity index (χ4n) is 1.43. The second-order valence-electron chi connectivity index (χ2n) is 3.22. The maximum absolute atomic E-state index is 8.27. The average molecular weight is 198 g/mol. The Labute approximate surface area is 87.4 Å². The Kier molecular flexibility index (Phi) is 2.72. The number of benzene rings is 1. The lowest BCUT2D eigenvalue weighted by Crippen LogP contribution is -1.94. The van der Waals surface area contributed by atoms with Crippen molar-refractivity contribution in [1.29, 1.82) is 0 Å². The minimum atomic E-state index is 0.647. The molecule has 2 rings (SSSR count). The van der Waals surface area contributed by atoms with Crippen molar-refractivity contribution in [3.63, 3.8) is 0 Å². The highest BCUT2D eigenvalue weighted by atomic mass is 15.1. The Morgan fingerprint density at radius 1 is 1.20 bits per heavy atom. The molecular formula is C11H10N4. The second-order valence-corrected chi connectivity index (χ2v) is 3.22. The molecule has 0 unspecified atom stereocenters. The van der Waals surface area contributed by atoms with Crippen LogP contribution < -0.4 is 0 Å².